The molecule has 3 aromatic carbocycles. The van der Waals surface area contributed by atoms with E-state index in [9.17, 15) is 14.4 Å². The Balaban J connectivity index is 1.81. The van der Waals surface area contributed by atoms with Gasteiger partial charge in [0.15, 0.2) is 0 Å². The molecule has 40 heavy (non-hydrogen) atoms. The van der Waals surface area contributed by atoms with E-state index >= 15 is 0 Å². The zero-order valence-electron chi connectivity index (χ0n) is 23.9. The summed E-state index contributed by atoms with van der Waals surface area (Å²) in [6.07, 6.45) is 4.68. The first-order chi connectivity index (χ1) is 19.0. The van der Waals surface area contributed by atoms with Crippen LogP contribution in [0.1, 0.15) is 31.4 Å². The van der Waals surface area contributed by atoms with Crippen molar-refractivity contribution in [2.45, 2.75) is 44.7 Å². The SMILES string of the molecule is CN(CCc1ccccc1NC(=O)CN)C(=O)[C@@H](Cc1ccc2ccccc2c1)N(C)C(=O)C=CCC(C)(C)N. The molecule has 0 saturated carbocycles. The van der Waals surface area contributed by atoms with Crippen molar-refractivity contribution in [3.63, 3.8) is 0 Å². The number of amides is 3. The Morgan fingerprint density at radius 2 is 1.65 bits per heavy atom. The number of nitrogens with one attached hydrogen (secondary N) is 1. The topological polar surface area (TPSA) is 122 Å². The van der Waals surface area contributed by atoms with Gasteiger partial charge in [0.05, 0.1) is 6.54 Å². The molecule has 0 aliphatic carbocycles. The maximum absolute atomic E-state index is 13.8. The third-order valence-electron chi connectivity index (χ3n) is 6.82. The van der Waals surface area contributed by atoms with Gasteiger partial charge in [-0.15, -0.1) is 0 Å². The van der Waals surface area contributed by atoms with Crippen molar-refractivity contribution in [2.24, 2.45) is 11.5 Å². The fourth-order valence-electron chi connectivity index (χ4n) is 4.43. The van der Waals surface area contributed by atoms with Gasteiger partial charge in [0.1, 0.15) is 6.04 Å². The largest absolute Gasteiger partial charge is 0.344 e. The first kappa shape index (κ1) is 30.5. The van der Waals surface area contributed by atoms with Crippen LogP contribution in [0.15, 0.2) is 78.9 Å². The molecule has 3 amide bonds. The van der Waals surface area contributed by atoms with Gasteiger partial charge in [0.25, 0.3) is 0 Å². The van der Waals surface area contributed by atoms with Crippen LogP contribution in [0.5, 0.6) is 0 Å². The molecule has 5 N–H and O–H groups in total. The lowest BCUT2D eigenvalue weighted by Crippen LogP contribution is -2.49. The second-order valence-electron chi connectivity index (χ2n) is 10.9. The zero-order valence-corrected chi connectivity index (χ0v) is 23.9. The van der Waals surface area contributed by atoms with Crippen LogP contribution in [0.3, 0.4) is 0 Å². The molecule has 8 heteroatoms. The Kier molecular flexibility index (Phi) is 10.6. The number of nitrogens with two attached hydrogens (primary N) is 2. The molecule has 0 bridgehead atoms. The number of rotatable bonds is 12. The number of carbonyl (C=O) groups is 3. The number of likely N-dealkylation sites (N-methyl/N-ethyl adjacent to an activating group) is 2. The van der Waals surface area contributed by atoms with Gasteiger partial charge >= 0.3 is 0 Å². The number of anilines is 1. The third-order valence-corrected chi connectivity index (χ3v) is 6.82. The van der Waals surface area contributed by atoms with Crippen LogP contribution in [0.2, 0.25) is 0 Å². The average molecular weight is 544 g/mol. The van der Waals surface area contributed by atoms with E-state index in [-0.39, 0.29) is 24.3 Å². The van der Waals surface area contributed by atoms with Crippen LogP contribution < -0.4 is 16.8 Å². The fourth-order valence-corrected chi connectivity index (χ4v) is 4.43. The lowest BCUT2D eigenvalue weighted by molar-refractivity contribution is -0.141. The van der Waals surface area contributed by atoms with Gasteiger partial charge in [0, 0.05) is 38.3 Å². The number of carbonyl (C=O) groups excluding carboxylic acids is 3. The van der Waals surface area contributed by atoms with Crippen LogP contribution in [-0.4, -0.2) is 66.3 Å². The molecule has 1 atom stereocenters. The quantitative estimate of drug-likeness (QED) is 0.302. The predicted octanol–water partition coefficient (Wildman–Crippen LogP) is 3.49. The summed E-state index contributed by atoms with van der Waals surface area (Å²) < 4.78 is 0. The van der Waals surface area contributed by atoms with Crippen LogP contribution in [0, 0.1) is 0 Å². The summed E-state index contributed by atoms with van der Waals surface area (Å²) in [5, 5.41) is 5.00. The molecule has 3 aromatic rings. The number of para-hydroxylation sites is 1. The van der Waals surface area contributed by atoms with Gasteiger partial charge in [-0.1, -0.05) is 66.7 Å². The van der Waals surface area contributed by atoms with Crippen molar-refractivity contribution in [1.29, 1.82) is 0 Å². The van der Waals surface area contributed by atoms with Crippen molar-refractivity contribution < 1.29 is 14.4 Å². The molecule has 3 rings (SSSR count). The zero-order chi connectivity index (χ0) is 29.3. The van der Waals surface area contributed by atoms with E-state index in [2.05, 4.69) is 11.4 Å². The Bertz CT molecular complexity index is 1360. The number of hydrogen-bond donors (Lipinski definition) is 3. The van der Waals surface area contributed by atoms with Gasteiger partial charge in [-0.2, -0.15) is 0 Å². The molecule has 0 radical (unpaired) electrons. The molecule has 0 spiro atoms. The summed E-state index contributed by atoms with van der Waals surface area (Å²) in [6, 6.07) is 20.9. The van der Waals surface area contributed by atoms with Crippen LogP contribution >= 0.6 is 0 Å². The number of nitrogens with zero attached hydrogens (tertiary/aromatic N) is 2. The molecule has 0 unspecified atom stereocenters. The summed E-state index contributed by atoms with van der Waals surface area (Å²) in [5.74, 6) is -0.704. The summed E-state index contributed by atoms with van der Waals surface area (Å²) >= 11 is 0. The van der Waals surface area contributed by atoms with Crippen molar-refractivity contribution in [1.82, 2.24) is 9.80 Å². The molecule has 0 fully saturated rings. The highest BCUT2D eigenvalue weighted by Crippen LogP contribution is 2.20. The highest BCUT2D eigenvalue weighted by Gasteiger charge is 2.29. The van der Waals surface area contributed by atoms with E-state index in [1.54, 1.807) is 25.1 Å². The van der Waals surface area contributed by atoms with Gasteiger partial charge in [0.2, 0.25) is 17.7 Å². The Morgan fingerprint density at radius 3 is 2.35 bits per heavy atom. The number of benzene rings is 3. The van der Waals surface area contributed by atoms with Crippen molar-refractivity contribution in [2.75, 3.05) is 32.5 Å². The lowest BCUT2D eigenvalue weighted by atomic mass is 9.99. The van der Waals surface area contributed by atoms with Gasteiger partial charge in [-0.05, 0) is 60.7 Å². The summed E-state index contributed by atoms with van der Waals surface area (Å²) in [6.45, 7) is 4.08. The number of fused-ring (bicyclic) bond motifs is 1. The van der Waals surface area contributed by atoms with E-state index in [1.165, 1.54) is 11.0 Å². The monoisotopic (exact) mass is 543 g/mol. The Hall–Kier alpha value is -4.01. The van der Waals surface area contributed by atoms with Gasteiger partial charge in [-0.25, -0.2) is 0 Å². The van der Waals surface area contributed by atoms with Crippen molar-refractivity contribution >= 4 is 34.2 Å². The van der Waals surface area contributed by atoms with Gasteiger partial charge < -0.3 is 26.6 Å². The predicted molar refractivity (Wildman–Crippen MR) is 162 cm³/mol. The standard InChI is InChI=1S/C32H41N5O3/c1-32(2,34)18-9-14-30(39)37(4)28(21-23-15-16-24-10-5-6-12-26(24)20-23)31(40)36(3)19-17-25-11-7-8-13-27(25)35-29(38)22-33/h5-16,20,28H,17-19,21-22,33-34H2,1-4H3,(H,35,38)/t28-/m1/s1. The fraction of sp³-hybridized carbons (Fsp3) is 0.344. The van der Waals surface area contributed by atoms with E-state index in [0.717, 1.165) is 21.9 Å². The van der Waals surface area contributed by atoms with E-state index in [0.29, 0.717) is 31.5 Å². The maximum Gasteiger partial charge on any atom is 0.246 e. The molecule has 0 aromatic heterocycles. The second-order valence-corrected chi connectivity index (χ2v) is 10.9. The molecule has 0 aliphatic heterocycles. The summed E-state index contributed by atoms with van der Waals surface area (Å²) in [4.78, 5) is 41.9. The Morgan fingerprint density at radius 1 is 0.975 bits per heavy atom. The van der Waals surface area contributed by atoms with E-state index < -0.39 is 11.6 Å². The minimum atomic E-state index is -0.707. The first-order valence-electron chi connectivity index (χ1n) is 13.5. The van der Waals surface area contributed by atoms with Crippen LogP contribution in [0.4, 0.5) is 5.69 Å². The highest BCUT2D eigenvalue weighted by molar-refractivity contribution is 5.94. The second kappa shape index (κ2) is 13.9. The summed E-state index contributed by atoms with van der Waals surface area (Å²) in [7, 11) is 3.40. The maximum atomic E-state index is 13.8. The smallest absolute Gasteiger partial charge is 0.246 e. The minimum Gasteiger partial charge on any atom is -0.344 e. The van der Waals surface area contributed by atoms with E-state index in [1.807, 2.05) is 74.5 Å². The lowest BCUT2D eigenvalue weighted by Gasteiger charge is -2.31. The van der Waals surface area contributed by atoms with E-state index in [4.69, 9.17) is 11.5 Å². The molecule has 0 heterocycles. The normalized spacial score (nSPS) is 12.3. The molecular weight excluding hydrogens is 502 g/mol. The summed E-state index contributed by atoms with van der Waals surface area (Å²) in [5.41, 5.74) is 13.6. The first-order valence-corrected chi connectivity index (χ1v) is 13.5. The van der Waals surface area contributed by atoms with Crippen LogP contribution in [0.25, 0.3) is 10.8 Å². The third kappa shape index (κ3) is 8.76. The molecular formula is C32H41N5O3. The van der Waals surface area contributed by atoms with Gasteiger partial charge in [-0.3, -0.25) is 14.4 Å². The molecule has 8 nitrogen and oxygen atoms in total. The molecule has 0 saturated heterocycles. The van der Waals surface area contributed by atoms with Crippen molar-refractivity contribution in [3.05, 3.63) is 90.0 Å². The van der Waals surface area contributed by atoms with Crippen LogP contribution in [-0.2, 0) is 27.2 Å². The highest BCUT2D eigenvalue weighted by atomic mass is 16.2. The molecule has 212 valence electrons. The number of hydrogen-bond acceptors (Lipinski definition) is 5. The minimum absolute atomic E-state index is 0.110. The van der Waals surface area contributed by atoms with Crippen molar-refractivity contribution in [3.8, 4) is 0 Å². The average Bonchev–Trinajstić information content (AvgIpc) is 2.93. The molecule has 0 aliphatic rings. The Labute approximate surface area is 237 Å².